The average Bonchev–Trinajstić information content (AvgIpc) is 2.87. The zero-order valence-corrected chi connectivity index (χ0v) is 10.6. The molecule has 1 fully saturated rings. The number of amides is 2. The third kappa shape index (κ3) is 3.35. The molecule has 3 N–H and O–H groups in total. The first-order valence-electron chi connectivity index (χ1n) is 6.39. The molecule has 6 nitrogen and oxygen atoms in total. The Balaban J connectivity index is 1.68. The lowest BCUT2D eigenvalue weighted by Gasteiger charge is -2.41. The summed E-state index contributed by atoms with van der Waals surface area (Å²) < 4.78 is 4.93. The minimum Gasteiger partial charge on any atom is -0.459 e. The summed E-state index contributed by atoms with van der Waals surface area (Å²) in [6, 6.07) is 3.19. The van der Waals surface area contributed by atoms with Gasteiger partial charge in [0.2, 0.25) is 5.91 Å². The van der Waals surface area contributed by atoms with Crippen LogP contribution in [0.4, 0.5) is 0 Å². The summed E-state index contributed by atoms with van der Waals surface area (Å²) >= 11 is 0. The number of rotatable bonds is 6. The predicted molar refractivity (Wildman–Crippen MR) is 67.5 cm³/mol. The molecule has 2 rings (SSSR count). The molecule has 0 aromatic carbocycles. The highest BCUT2D eigenvalue weighted by Gasteiger charge is 2.37. The fourth-order valence-electron chi connectivity index (χ4n) is 2.07. The van der Waals surface area contributed by atoms with Gasteiger partial charge in [-0.3, -0.25) is 9.59 Å². The minimum absolute atomic E-state index is 0.0303. The molecule has 104 valence electrons. The third-order valence-electron chi connectivity index (χ3n) is 3.40. The molecule has 1 saturated carbocycles. The van der Waals surface area contributed by atoms with E-state index in [1.165, 1.54) is 6.26 Å². The standard InChI is InChI=1S/C13H18N2O4/c16-9-13(5-2-6-13)15-11(17)4-7-14-12(18)10-3-1-8-19-10/h1,3,8,16H,2,4-7,9H2,(H,14,18)(H,15,17). The molecular formula is C13H18N2O4. The molecule has 1 aliphatic carbocycles. The van der Waals surface area contributed by atoms with Crippen LogP contribution in [0.3, 0.4) is 0 Å². The van der Waals surface area contributed by atoms with Crippen molar-refractivity contribution in [3.05, 3.63) is 24.2 Å². The summed E-state index contributed by atoms with van der Waals surface area (Å²) in [5, 5.41) is 14.7. The van der Waals surface area contributed by atoms with Crippen molar-refractivity contribution in [2.24, 2.45) is 0 Å². The molecule has 1 heterocycles. The fourth-order valence-corrected chi connectivity index (χ4v) is 2.07. The number of aliphatic hydroxyl groups is 1. The minimum atomic E-state index is -0.428. The van der Waals surface area contributed by atoms with Crippen LogP contribution in [0.5, 0.6) is 0 Å². The van der Waals surface area contributed by atoms with Gasteiger partial charge in [-0.2, -0.15) is 0 Å². The molecule has 0 saturated heterocycles. The molecule has 2 amide bonds. The second kappa shape index (κ2) is 5.88. The number of furan rings is 1. The zero-order valence-electron chi connectivity index (χ0n) is 10.6. The fraction of sp³-hybridized carbons (Fsp3) is 0.538. The number of nitrogens with one attached hydrogen (secondary N) is 2. The van der Waals surface area contributed by atoms with Gasteiger partial charge in [-0.25, -0.2) is 0 Å². The smallest absolute Gasteiger partial charge is 0.286 e. The third-order valence-corrected chi connectivity index (χ3v) is 3.40. The molecule has 1 aromatic rings. The summed E-state index contributed by atoms with van der Waals surface area (Å²) in [6.45, 7) is 0.213. The SMILES string of the molecule is O=C(CCNC(=O)c1ccco1)NC1(CO)CCC1. The highest BCUT2D eigenvalue weighted by molar-refractivity contribution is 5.91. The van der Waals surface area contributed by atoms with E-state index < -0.39 is 5.54 Å². The summed E-state index contributed by atoms with van der Waals surface area (Å²) in [4.78, 5) is 23.2. The second-order valence-electron chi connectivity index (χ2n) is 4.82. The van der Waals surface area contributed by atoms with Crippen LogP contribution < -0.4 is 10.6 Å². The van der Waals surface area contributed by atoms with Crippen LogP contribution in [0.15, 0.2) is 22.8 Å². The van der Waals surface area contributed by atoms with Gasteiger partial charge >= 0.3 is 0 Å². The van der Waals surface area contributed by atoms with E-state index in [1.807, 2.05) is 0 Å². The molecular weight excluding hydrogens is 248 g/mol. The predicted octanol–water partition coefficient (Wildman–Crippen LogP) is 0.431. The summed E-state index contributed by atoms with van der Waals surface area (Å²) in [6.07, 6.45) is 4.26. The lowest BCUT2D eigenvalue weighted by Crippen LogP contribution is -2.56. The molecule has 0 spiro atoms. The molecule has 1 aliphatic rings. The van der Waals surface area contributed by atoms with Gasteiger partial charge in [0, 0.05) is 13.0 Å². The van der Waals surface area contributed by atoms with E-state index in [9.17, 15) is 14.7 Å². The van der Waals surface area contributed by atoms with Crippen LogP contribution in [0, 0.1) is 0 Å². The van der Waals surface area contributed by atoms with Crippen LogP contribution >= 0.6 is 0 Å². The maximum absolute atomic E-state index is 11.7. The number of aliphatic hydroxyl groups excluding tert-OH is 1. The van der Waals surface area contributed by atoms with Gasteiger partial charge in [-0.1, -0.05) is 0 Å². The largest absolute Gasteiger partial charge is 0.459 e. The van der Waals surface area contributed by atoms with Gasteiger partial charge in [0.05, 0.1) is 18.4 Å². The van der Waals surface area contributed by atoms with Gasteiger partial charge in [-0.15, -0.1) is 0 Å². The van der Waals surface area contributed by atoms with E-state index in [2.05, 4.69) is 10.6 Å². The molecule has 1 aromatic heterocycles. The van der Waals surface area contributed by atoms with Crippen LogP contribution in [0.2, 0.25) is 0 Å². The van der Waals surface area contributed by atoms with Crippen molar-refractivity contribution >= 4 is 11.8 Å². The monoisotopic (exact) mass is 266 g/mol. The van der Waals surface area contributed by atoms with Crippen LogP contribution in [0.1, 0.15) is 36.2 Å². The Labute approximate surface area is 111 Å². The van der Waals surface area contributed by atoms with E-state index >= 15 is 0 Å². The Morgan fingerprint density at radius 3 is 2.74 bits per heavy atom. The lowest BCUT2D eigenvalue weighted by molar-refractivity contribution is -0.124. The van der Waals surface area contributed by atoms with E-state index in [4.69, 9.17) is 4.42 Å². The van der Waals surface area contributed by atoms with Gasteiger partial charge < -0.3 is 20.2 Å². The Morgan fingerprint density at radius 1 is 1.42 bits per heavy atom. The molecule has 0 unspecified atom stereocenters. The van der Waals surface area contributed by atoms with E-state index in [0.717, 1.165) is 19.3 Å². The topological polar surface area (TPSA) is 91.6 Å². The highest BCUT2D eigenvalue weighted by Crippen LogP contribution is 2.31. The molecule has 0 aliphatic heterocycles. The average molecular weight is 266 g/mol. The summed E-state index contributed by atoms with van der Waals surface area (Å²) in [5.74, 6) is -0.266. The van der Waals surface area contributed by atoms with Gasteiger partial charge in [0.1, 0.15) is 0 Å². The number of hydrogen-bond acceptors (Lipinski definition) is 4. The second-order valence-corrected chi connectivity index (χ2v) is 4.82. The van der Waals surface area contributed by atoms with E-state index in [-0.39, 0.29) is 37.1 Å². The molecule has 6 heteroatoms. The number of carbonyl (C=O) groups is 2. The van der Waals surface area contributed by atoms with Gasteiger partial charge in [0.25, 0.3) is 5.91 Å². The maximum atomic E-state index is 11.7. The Hall–Kier alpha value is -1.82. The Morgan fingerprint density at radius 2 is 2.21 bits per heavy atom. The van der Waals surface area contributed by atoms with Crippen LogP contribution in [0.25, 0.3) is 0 Å². The first-order chi connectivity index (χ1) is 9.15. The van der Waals surface area contributed by atoms with Crippen molar-refractivity contribution < 1.29 is 19.1 Å². The molecule has 19 heavy (non-hydrogen) atoms. The summed E-state index contributed by atoms with van der Waals surface area (Å²) in [7, 11) is 0. The van der Waals surface area contributed by atoms with Crippen molar-refractivity contribution in [1.29, 1.82) is 0 Å². The molecule has 0 bridgehead atoms. The first kappa shape index (κ1) is 13.6. The Bertz CT molecular complexity index is 432. The maximum Gasteiger partial charge on any atom is 0.286 e. The number of hydrogen-bond donors (Lipinski definition) is 3. The van der Waals surface area contributed by atoms with E-state index in [1.54, 1.807) is 12.1 Å². The first-order valence-corrected chi connectivity index (χ1v) is 6.39. The molecule has 0 radical (unpaired) electrons. The van der Waals surface area contributed by atoms with E-state index in [0.29, 0.717) is 0 Å². The Kier molecular flexibility index (Phi) is 4.21. The number of carbonyl (C=O) groups excluding carboxylic acids is 2. The van der Waals surface area contributed by atoms with Crippen molar-refractivity contribution in [2.45, 2.75) is 31.2 Å². The van der Waals surface area contributed by atoms with Gasteiger partial charge in [0.15, 0.2) is 5.76 Å². The summed E-state index contributed by atoms with van der Waals surface area (Å²) in [5.41, 5.74) is -0.428. The molecule has 0 atom stereocenters. The quantitative estimate of drug-likeness (QED) is 0.696. The zero-order chi connectivity index (χ0) is 13.7. The highest BCUT2D eigenvalue weighted by atomic mass is 16.3. The van der Waals surface area contributed by atoms with Crippen molar-refractivity contribution in [1.82, 2.24) is 10.6 Å². The lowest BCUT2D eigenvalue weighted by atomic mass is 9.77. The van der Waals surface area contributed by atoms with Crippen molar-refractivity contribution in [3.8, 4) is 0 Å². The van der Waals surface area contributed by atoms with Crippen LogP contribution in [-0.2, 0) is 4.79 Å². The van der Waals surface area contributed by atoms with Crippen molar-refractivity contribution in [3.63, 3.8) is 0 Å². The normalized spacial score (nSPS) is 16.5. The van der Waals surface area contributed by atoms with Crippen molar-refractivity contribution in [2.75, 3.05) is 13.2 Å². The van der Waals surface area contributed by atoms with Crippen LogP contribution in [-0.4, -0.2) is 35.6 Å². The van der Waals surface area contributed by atoms with Gasteiger partial charge in [-0.05, 0) is 31.4 Å².